The lowest BCUT2D eigenvalue weighted by Gasteiger charge is -2.39. The zero-order valence-electron chi connectivity index (χ0n) is 19.8. The highest BCUT2D eigenvalue weighted by atomic mass is 32.2. The summed E-state index contributed by atoms with van der Waals surface area (Å²) in [5.41, 5.74) is 1.95. The second kappa shape index (κ2) is 8.78. The Morgan fingerprint density at radius 1 is 1.09 bits per heavy atom. The van der Waals surface area contributed by atoms with Crippen molar-refractivity contribution in [3.8, 4) is 17.2 Å². The first-order chi connectivity index (χ1) is 15.7. The third-order valence-corrected chi connectivity index (χ3v) is 6.78. The highest BCUT2D eigenvalue weighted by Crippen LogP contribution is 2.52. The number of benzene rings is 1. The van der Waals surface area contributed by atoms with E-state index in [1.54, 1.807) is 13.2 Å². The molecule has 176 valence electrons. The molecule has 2 aliphatic rings. The largest absolute Gasteiger partial charge is 0.493 e. The molecule has 0 spiro atoms. The van der Waals surface area contributed by atoms with E-state index in [1.807, 2.05) is 13.0 Å². The SMILES string of the molecule is CCSc1nc2c(c(=O)[nH]1)C(c1ccc(OC)c(OC)c1OC)C1=C(CC(C)(C)CC1=O)N2. The number of carbonyl (C=O) groups excluding carboxylic acids is 1. The molecule has 0 saturated carbocycles. The molecule has 2 heterocycles. The molecule has 2 N–H and O–H groups in total. The third kappa shape index (κ3) is 3.99. The van der Waals surface area contributed by atoms with Crippen molar-refractivity contribution in [2.24, 2.45) is 5.41 Å². The van der Waals surface area contributed by atoms with Crippen molar-refractivity contribution in [3.05, 3.63) is 44.9 Å². The molecule has 1 aliphatic heterocycles. The summed E-state index contributed by atoms with van der Waals surface area (Å²) in [5.74, 6) is 1.93. The van der Waals surface area contributed by atoms with Crippen LogP contribution in [0.15, 0.2) is 33.4 Å². The van der Waals surface area contributed by atoms with Crippen molar-refractivity contribution in [3.63, 3.8) is 0 Å². The molecule has 0 bridgehead atoms. The van der Waals surface area contributed by atoms with Gasteiger partial charge >= 0.3 is 0 Å². The van der Waals surface area contributed by atoms with Crippen LogP contribution >= 0.6 is 11.8 Å². The van der Waals surface area contributed by atoms with Gasteiger partial charge in [-0.05, 0) is 23.7 Å². The minimum Gasteiger partial charge on any atom is -0.493 e. The van der Waals surface area contributed by atoms with Crippen LogP contribution in [-0.2, 0) is 4.79 Å². The number of rotatable bonds is 6. The van der Waals surface area contributed by atoms with E-state index in [9.17, 15) is 9.59 Å². The first kappa shape index (κ1) is 23.2. The summed E-state index contributed by atoms with van der Waals surface area (Å²) >= 11 is 1.46. The lowest BCUT2D eigenvalue weighted by molar-refractivity contribution is -0.118. The Labute approximate surface area is 197 Å². The van der Waals surface area contributed by atoms with Crippen molar-refractivity contribution in [1.82, 2.24) is 9.97 Å². The van der Waals surface area contributed by atoms with Crippen LogP contribution in [0.25, 0.3) is 0 Å². The molecule has 4 rings (SSSR count). The van der Waals surface area contributed by atoms with Gasteiger partial charge in [0.25, 0.3) is 5.56 Å². The van der Waals surface area contributed by atoms with Crippen molar-refractivity contribution >= 4 is 23.4 Å². The molecule has 8 nitrogen and oxygen atoms in total. The van der Waals surface area contributed by atoms with Gasteiger partial charge in [-0.1, -0.05) is 38.6 Å². The van der Waals surface area contributed by atoms with Gasteiger partial charge < -0.3 is 24.5 Å². The van der Waals surface area contributed by atoms with E-state index in [-0.39, 0.29) is 16.8 Å². The summed E-state index contributed by atoms with van der Waals surface area (Å²) in [5, 5.41) is 3.87. The molecule has 1 aromatic carbocycles. The molecular formula is C24H29N3O5S. The predicted octanol–water partition coefficient (Wildman–Crippen LogP) is 4.11. The molecule has 1 aromatic heterocycles. The Balaban J connectivity index is 2.03. The Bertz CT molecular complexity index is 1200. The molecule has 0 amide bonds. The van der Waals surface area contributed by atoms with E-state index in [4.69, 9.17) is 14.2 Å². The fourth-order valence-electron chi connectivity index (χ4n) is 4.76. The highest BCUT2D eigenvalue weighted by Gasteiger charge is 2.43. The summed E-state index contributed by atoms with van der Waals surface area (Å²) in [6.07, 6.45) is 1.06. The predicted molar refractivity (Wildman–Crippen MR) is 128 cm³/mol. The molecule has 9 heteroatoms. The Kier molecular flexibility index (Phi) is 6.18. The van der Waals surface area contributed by atoms with E-state index >= 15 is 0 Å². The second-order valence-corrected chi connectivity index (χ2v) is 10.1. The van der Waals surface area contributed by atoms with E-state index in [2.05, 4.69) is 29.1 Å². The molecular weight excluding hydrogens is 442 g/mol. The van der Waals surface area contributed by atoms with Crippen LogP contribution < -0.4 is 25.1 Å². The fourth-order valence-corrected chi connectivity index (χ4v) is 5.36. The van der Waals surface area contributed by atoms with Gasteiger partial charge in [0.2, 0.25) is 5.75 Å². The standard InChI is InChI=1S/C24H29N3O5S/c1-7-33-23-26-21-18(22(29)27-23)16(17-13(25-21)10-24(2,3)11-14(17)28)12-8-9-15(30-4)20(32-6)19(12)31-5/h8-9,16H,7,10-11H2,1-6H3,(H2,25,26,27,29). The van der Waals surface area contributed by atoms with Crippen LogP contribution in [0.4, 0.5) is 5.82 Å². The third-order valence-electron chi connectivity index (χ3n) is 6.03. The number of nitrogens with zero attached hydrogens (tertiary/aromatic N) is 1. The normalized spacial score (nSPS) is 18.8. The highest BCUT2D eigenvalue weighted by molar-refractivity contribution is 7.99. The van der Waals surface area contributed by atoms with Gasteiger partial charge in [-0.15, -0.1) is 0 Å². The molecule has 33 heavy (non-hydrogen) atoms. The molecule has 1 unspecified atom stereocenters. The minimum absolute atomic E-state index is 0.00708. The van der Waals surface area contributed by atoms with E-state index in [0.29, 0.717) is 57.8 Å². The van der Waals surface area contributed by atoms with E-state index in [1.165, 1.54) is 26.0 Å². The zero-order chi connectivity index (χ0) is 23.9. The summed E-state index contributed by atoms with van der Waals surface area (Å²) < 4.78 is 16.8. The lowest BCUT2D eigenvalue weighted by Crippen LogP contribution is -2.37. The smallest absolute Gasteiger partial charge is 0.257 e. The average molecular weight is 472 g/mol. The number of carbonyl (C=O) groups is 1. The number of nitrogens with one attached hydrogen (secondary N) is 2. The van der Waals surface area contributed by atoms with Gasteiger partial charge in [-0.25, -0.2) is 4.98 Å². The number of allylic oxidation sites excluding steroid dienone is 2. The maximum Gasteiger partial charge on any atom is 0.257 e. The first-order valence-electron chi connectivity index (χ1n) is 10.8. The molecule has 0 radical (unpaired) electrons. The number of hydrogen-bond donors (Lipinski definition) is 2. The fraction of sp³-hybridized carbons (Fsp3) is 0.458. The van der Waals surface area contributed by atoms with Gasteiger partial charge in [0, 0.05) is 23.3 Å². The Hall–Kier alpha value is -2.94. The van der Waals surface area contributed by atoms with Crippen LogP contribution in [0, 0.1) is 5.41 Å². The minimum atomic E-state index is -0.647. The van der Waals surface area contributed by atoms with Gasteiger partial charge in [0.15, 0.2) is 22.4 Å². The van der Waals surface area contributed by atoms with E-state index < -0.39 is 5.92 Å². The number of anilines is 1. The number of ether oxygens (including phenoxy) is 3. The second-order valence-electron chi connectivity index (χ2n) is 8.88. The molecule has 2 aromatic rings. The number of ketones is 1. The average Bonchev–Trinajstić information content (AvgIpc) is 2.75. The molecule has 0 fully saturated rings. The Morgan fingerprint density at radius 2 is 1.82 bits per heavy atom. The number of Topliss-reactive ketones (excluding diaryl/α,β-unsaturated/α-hetero) is 1. The van der Waals surface area contributed by atoms with Gasteiger partial charge in [-0.3, -0.25) is 9.59 Å². The van der Waals surface area contributed by atoms with Crippen LogP contribution in [-0.4, -0.2) is 42.8 Å². The van der Waals surface area contributed by atoms with Crippen LogP contribution in [0.5, 0.6) is 17.2 Å². The number of hydrogen-bond acceptors (Lipinski definition) is 8. The number of thioether (sulfide) groups is 1. The van der Waals surface area contributed by atoms with Crippen molar-refractivity contribution in [2.75, 3.05) is 32.4 Å². The van der Waals surface area contributed by atoms with Crippen molar-refractivity contribution in [1.29, 1.82) is 0 Å². The van der Waals surface area contributed by atoms with Crippen LogP contribution in [0.1, 0.15) is 50.7 Å². The lowest BCUT2D eigenvalue weighted by atomic mass is 9.69. The van der Waals surface area contributed by atoms with Crippen molar-refractivity contribution < 1.29 is 19.0 Å². The van der Waals surface area contributed by atoms with Crippen molar-refractivity contribution in [2.45, 2.75) is 44.7 Å². The number of methoxy groups -OCH3 is 3. The van der Waals surface area contributed by atoms with Gasteiger partial charge in [0.05, 0.1) is 32.8 Å². The first-order valence-corrected chi connectivity index (χ1v) is 11.8. The van der Waals surface area contributed by atoms with Crippen LogP contribution in [0.3, 0.4) is 0 Å². The van der Waals surface area contributed by atoms with E-state index in [0.717, 1.165) is 11.4 Å². The number of aromatic amines is 1. The Morgan fingerprint density at radius 3 is 2.45 bits per heavy atom. The number of H-pyrrole nitrogens is 1. The monoisotopic (exact) mass is 471 g/mol. The number of fused-ring (bicyclic) bond motifs is 1. The summed E-state index contributed by atoms with van der Waals surface area (Å²) in [7, 11) is 4.61. The number of aromatic nitrogens is 2. The maximum atomic E-state index is 13.5. The molecule has 1 atom stereocenters. The zero-order valence-corrected chi connectivity index (χ0v) is 20.6. The topological polar surface area (TPSA) is 103 Å². The van der Waals surface area contributed by atoms with Crippen LogP contribution in [0.2, 0.25) is 0 Å². The summed E-state index contributed by atoms with van der Waals surface area (Å²) in [6, 6.07) is 3.59. The molecule has 1 aliphatic carbocycles. The summed E-state index contributed by atoms with van der Waals surface area (Å²) in [6.45, 7) is 6.14. The molecule has 0 saturated heterocycles. The van der Waals surface area contributed by atoms with Gasteiger partial charge in [0.1, 0.15) is 5.82 Å². The maximum absolute atomic E-state index is 13.5. The van der Waals surface area contributed by atoms with Gasteiger partial charge in [-0.2, -0.15) is 0 Å². The summed E-state index contributed by atoms with van der Waals surface area (Å²) in [4.78, 5) is 34.4. The quantitative estimate of drug-likeness (QED) is 0.479.